The van der Waals surface area contributed by atoms with Gasteiger partial charge in [0.05, 0.1) is 11.8 Å². The molecule has 0 unspecified atom stereocenters. The third kappa shape index (κ3) is 5.08. The molecule has 2 aromatic rings. The molecule has 0 aromatic carbocycles. The molecular formula is C22H30N4O4S. The molecule has 3 N–H and O–H groups in total. The van der Waals surface area contributed by atoms with Gasteiger partial charge in [0.1, 0.15) is 22.6 Å². The molecule has 1 atom stereocenters. The maximum absolute atomic E-state index is 12.0. The van der Waals surface area contributed by atoms with Gasteiger partial charge in [-0.25, -0.2) is 14.8 Å². The highest BCUT2D eigenvalue weighted by molar-refractivity contribution is 7.19. The highest BCUT2D eigenvalue weighted by atomic mass is 32.1. The van der Waals surface area contributed by atoms with Gasteiger partial charge in [0.25, 0.3) is 0 Å². The van der Waals surface area contributed by atoms with E-state index in [9.17, 15) is 14.7 Å². The van der Waals surface area contributed by atoms with Crippen molar-refractivity contribution in [1.82, 2.24) is 15.3 Å². The Morgan fingerprint density at radius 3 is 2.55 bits per heavy atom. The lowest BCUT2D eigenvalue weighted by atomic mass is 9.91. The molecule has 0 saturated heterocycles. The number of hydrogen-bond acceptors (Lipinski definition) is 7. The van der Waals surface area contributed by atoms with Crippen molar-refractivity contribution < 1.29 is 19.4 Å². The number of alkyl carbamates (subject to hydrolysis) is 1. The topological polar surface area (TPSA) is 113 Å². The van der Waals surface area contributed by atoms with E-state index in [-0.39, 0.29) is 30.5 Å². The second kappa shape index (κ2) is 8.61. The molecule has 0 bridgehead atoms. The lowest BCUT2D eigenvalue weighted by Crippen LogP contribution is -2.42. The molecule has 0 aliphatic heterocycles. The number of thiophene rings is 1. The van der Waals surface area contributed by atoms with Crippen LogP contribution in [-0.4, -0.2) is 44.8 Å². The number of fused-ring (bicyclic) bond motifs is 3. The van der Waals surface area contributed by atoms with Crippen molar-refractivity contribution in [1.29, 1.82) is 0 Å². The van der Waals surface area contributed by atoms with Crippen molar-refractivity contribution >= 4 is 39.4 Å². The number of anilines is 1. The van der Waals surface area contributed by atoms with Gasteiger partial charge in [0.2, 0.25) is 0 Å². The van der Waals surface area contributed by atoms with Gasteiger partial charge in [-0.1, -0.05) is 0 Å². The molecule has 2 heterocycles. The Morgan fingerprint density at radius 1 is 1.16 bits per heavy atom. The van der Waals surface area contributed by atoms with Crippen LogP contribution in [0.5, 0.6) is 0 Å². The molecule has 0 spiro atoms. The second-order valence-corrected chi connectivity index (χ2v) is 10.6. The lowest BCUT2D eigenvalue weighted by Gasteiger charge is -2.31. The van der Waals surface area contributed by atoms with Crippen LogP contribution in [0.15, 0.2) is 6.33 Å². The van der Waals surface area contributed by atoms with Crippen LogP contribution >= 0.6 is 11.3 Å². The van der Waals surface area contributed by atoms with E-state index in [1.165, 1.54) is 4.88 Å². The SMILES string of the molecule is CC(C)(C)OC(=O)NC1CCC(Nc2ncnc3sc4c(c23)[C@@H](CC(=O)O)CC4)CC1. The summed E-state index contributed by atoms with van der Waals surface area (Å²) in [5, 5.41) is 16.9. The highest BCUT2D eigenvalue weighted by Gasteiger charge is 2.32. The van der Waals surface area contributed by atoms with Crippen LogP contribution in [0.25, 0.3) is 10.2 Å². The fourth-order valence-corrected chi connectivity index (χ4v) is 5.88. The summed E-state index contributed by atoms with van der Waals surface area (Å²) in [6.07, 6.45) is 6.72. The number of rotatable bonds is 5. The number of aryl methyl sites for hydroxylation is 1. The number of nitrogens with one attached hydrogen (secondary N) is 2. The number of carboxylic acid groups (broad SMARTS) is 1. The van der Waals surface area contributed by atoms with Crippen molar-refractivity contribution in [2.75, 3.05) is 5.32 Å². The van der Waals surface area contributed by atoms with Gasteiger partial charge in [-0.3, -0.25) is 4.79 Å². The van der Waals surface area contributed by atoms with Crippen LogP contribution in [0, 0.1) is 0 Å². The van der Waals surface area contributed by atoms with Crippen molar-refractivity contribution in [3.05, 3.63) is 16.8 Å². The molecule has 2 aliphatic carbocycles. The maximum Gasteiger partial charge on any atom is 0.407 e. The number of ether oxygens (including phenoxy) is 1. The molecule has 2 aromatic heterocycles. The van der Waals surface area contributed by atoms with Crippen LogP contribution in [0.4, 0.5) is 10.6 Å². The molecule has 1 fully saturated rings. The number of aromatic nitrogens is 2. The summed E-state index contributed by atoms with van der Waals surface area (Å²) in [6.45, 7) is 5.58. The standard InChI is InChI=1S/C22H30N4O4S/c1-22(2,3)30-21(29)26-14-7-5-13(6-8-14)25-19-18-17-12(10-16(27)28)4-9-15(17)31-20(18)24-11-23-19/h11-14H,4-10H2,1-3H3,(H,26,29)(H,27,28)(H,23,24,25)/t12-,13?,14?/m1/s1. The zero-order valence-corrected chi connectivity index (χ0v) is 19.1. The molecular weight excluding hydrogens is 416 g/mol. The lowest BCUT2D eigenvalue weighted by molar-refractivity contribution is -0.137. The first-order valence-electron chi connectivity index (χ1n) is 10.9. The highest BCUT2D eigenvalue weighted by Crippen LogP contribution is 2.46. The molecule has 0 radical (unpaired) electrons. The van der Waals surface area contributed by atoms with E-state index in [4.69, 9.17) is 4.74 Å². The monoisotopic (exact) mass is 446 g/mol. The van der Waals surface area contributed by atoms with Crippen molar-refractivity contribution in [3.8, 4) is 0 Å². The largest absolute Gasteiger partial charge is 0.481 e. The van der Waals surface area contributed by atoms with Crippen LogP contribution < -0.4 is 10.6 Å². The summed E-state index contributed by atoms with van der Waals surface area (Å²) < 4.78 is 5.36. The van der Waals surface area contributed by atoms with E-state index in [0.29, 0.717) is 0 Å². The summed E-state index contributed by atoms with van der Waals surface area (Å²) in [6, 6.07) is 0.369. The average Bonchev–Trinajstić information content (AvgIpc) is 3.21. The molecule has 4 rings (SSSR count). The number of carbonyl (C=O) groups excluding carboxylic acids is 1. The Kier molecular flexibility index (Phi) is 6.05. The molecule has 1 amide bonds. The number of amides is 1. The predicted octanol–water partition coefficient (Wildman–Crippen LogP) is 4.44. The van der Waals surface area contributed by atoms with Crippen molar-refractivity contribution in [2.45, 2.75) is 89.3 Å². The van der Waals surface area contributed by atoms with Gasteiger partial charge in [0.15, 0.2) is 0 Å². The summed E-state index contributed by atoms with van der Waals surface area (Å²) in [7, 11) is 0. The van der Waals surface area contributed by atoms with Gasteiger partial charge in [-0.2, -0.15) is 0 Å². The van der Waals surface area contributed by atoms with E-state index in [0.717, 1.165) is 60.1 Å². The second-order valence-electron chi connectivity index (χ2n) is 9.51. The summed E-state index contributed by atoms with van der Waals surface area (Å²) >= 11 is 1.66. The van der Waals surface area contributed by atoms with Crippen LogP contribution in [0.1, 0.15) is 75.7 Å². The summed E-state index contributed by atoms with van der Waals surface area (Å²) in [5.74, 6) is 0.0734. The summed E-state index contributed by atoms with van der Waals surface area (Å²) in [4.78, 5) is 34.5. The fourth-order valence-electron chi connectivity index (χ4n) is 4.64. The number of aliphatic carboxylic acids is 1. The Labute approximate surface area is 185 Å². The third-order valence-electron chi connectivity index (χ3n) is 5.94. The van der Waals surface area contributed by atoms with Crippen LogP contribution in [0.3, 0.4) is 0 Å². The predicted molar refractivity (Wildman–Crippen MR) is 120 cm³/mol. The molecule has 168 valence electrons. The Morgan fingerprint density at radius 2 is 1.87 bits per heavy atom. The smallest absolute Gasteiger partial charge is 0.407 e. The Hall–Kier alpha value is -2.42. The first kappa shape index (κ1) is 21.8. The number of hydrogen-bond donors (Lipinski definition) is 3. The molecule has 8 nitrogen and oxygen atoms in total. The van der Waals surface area contributed by atoms with Gasteiger partial charge in [-0.05, 0) is 70.8 Å². The molecule has 2 aliphatic rings. The minimum absolute atomic E-state index is 0.0292. The number of nitrogens with zero attached hydrogens (tertiary/aromatic N) is 2. The Bertz CT molecular complexity index is 976. The minimum atomic E-state index is -0.764. The van der Waals surface area contributed by atoms with Crippen molar-refractivity contribution in [2.24, 2.45) is 0 Å². The quantitative estimate of drug-likeness (QED) is 0.622. The van der Waals surface area contributed by atoms with Gasteiger partial charge < -0.3 is 20.5 Å². The molecule has 31 heavy (non-hydrogen) atoms. The van der Waals surface area contributed by atoms with Gasteiger partial charge >= 0.3 is 12.1 Å². The fraction of sp³-hybridized carbons (Fsp3) is 0.636. The first-order valence-corrected chi connectivity index (χ1v) is 11.8. The minimum Gasteiger partial charge on any atom is -0.481 e. The van der Waals surface area contributed by atoms with E-state index in [1.807, 2.05) is 20.8 Å². The van der Waals surface area contributed by atoms with Crippen molar-refractivity contribution in [3.63, 3.8) is 0 Å². The van der Waals surface area contributed by atoms with E-state index in [2.05, 4.69) is 20.6 Å². The van der Waals surface area contributed by atoms with E-state index >= 15 is 0 Å². The normalized spacial score (nSPS) is 23.4. The van der Waals surface area contributed by atoms with E-state index in [1.54, 1.807) is 17.7 Å². The summed E-state index contributed by atoms with van der Waals surface area (Å²) in [5.41, 5.74) is 0.631. The van der Waals surface area contributed by atoms with Gasteiger partial charge in [-0.15, -0.1) is 11.3 Å². The van der Waals surface area contributed by atoms with Crippen LogP contribution in [0.2, 0.25) is 0 Å². The zero-order valence-electron chi connectivity index (χ0n) is 18.2. The number of carboxylic acids is 1. The van der Waals surface area contributed by atoms with E-state index < -0.39 is 11.6 Å². The van der Waals surface area contributed by atoms with Gasteiger partial charge in [0, 0.05) is 17.0 Å². The molecule has 9 heteroatoms. The molecule has 1 saturated carbocycles. The average molecular weight is 447 g/mol. The van der Waals surface area contributed by atoms with Crippen LogP contribution in [-0.2, 0) is 16.0 Å². The first-order chi connectivity index (χ1) is 14.7. The number of carbonyl (C=O) groups is 2. The Balaban J connectivity index is 1.42. The zero-order chi connectivity index (χ0) is 22.2. The third-order valence-corrected chi connectivity index (χ3v) is 7.11. The maximum atomic E-state index is 12.0.